The Bertz CT molecular complexity index is 976. The Hall–Kier alpha value is -3.02. The number of nitrogens with zero attached hydrogens (tertiary/aromatic N) is 4. The molecule has 0 N–H and O–H groups in total. The molecule has 4 rings (SSSR count). The summed E-state index contributed by atoms with van der Waals surface area (Å²) >= 11 is 0. The highest BCUT2D eigenvalue weighted by molar-refractivity contribution is 6.06. The number of fused-ring (bicyclic) bond motifs is 1. The van der Waals surface area contributed by atoms with E-state index < -0.39 is 5.82 Å². The molecule has 0 saturated carbocycles. The highest BCUT2D eigenvalue weighted by Crippen LogP contribution is 2.20. The van der Waals surface area contributed by atoms with Crippen molar-refractivity contribution in [1.82, 2.24) is 14.8 Å². The van der Waals surface area contributed by atoms with Gasteiger partial charge in [-0.15, -0.1) is 0 Å². The standard InChI is InChI=1S/C18H15FN4O/c1-22-17-10-12(5-6-14(17)11-20-22)16-7-8-23(21-16)18(24)13-3-2-4-15(19)9-13/h2-6,9-11H,7-8H2,1H3. The van der Waals surface area contributed by atoms with Crippen LogP contribution in [0.1, 0.15) is 22.3 Å². The van der Waals surface area contributed by atoms with Crippen LogP contribution in [0, 0.1) is 5.82 Å². The lowest BCUT2D eigenvalue weighted by Gasteiger charge is -2.11. The summed E-state index contributed by atoms with van der Waals surface area (Å²) in [6.07, 6.45) is 2.49. The van der Waals surface area contributed by atoms with E-state index in [2.05, 4.69) is 10.2 Å². The van der Waals surface area contributed by atoms with Gasteiger partial charge < -0.3 is 0 Å². The molecule has 1 aliphatic heterocycles. The van der Waals surface area contributed by atoms with Crippen molar-refractivity contribution in [2.24, 2.45) is 12.1 Å². The van der Waals surface area contributed by atoms with Crippen molar-refractivity contribution >= 4 is 22.5 Å². The second-order valence-electron chi connectivity index (χ2n) is 5.78. The van der Waals surface area contributed by atoms with E-state index in [9.17, 15) is 9.18 Å². The minimum Gasteiger partial charge on any atom is -0.268 e. The van der Waals surface area contributed by atoms with Gasteiger partial charge in [0, 0.05) is 24.4 Å². The Labute approximate surface area is 138 Å². The summed E-state index contributed by atoms with van der Waals surface area (Å²) in [5.74, 6) is -0.711. The number of hydrazone groups is 1. The van der Waals surface area contributed by atoms with E-state index in [-0.39, 0.29) is 5.91 Å². The van der Waals surface area contributed by atoms with Crippen molar-refractivity contribution in [2.75, 3.05) is 6.54 Å². The number of rotatable bonds is 2. The normalized spacial score (nSPS) is 14.2. The predicted octanol–water partition coefficient (Wildman–Crippen LogP) is 2.96. The smallest absolute Gasteiger partial charge is 0.268 e. The number of hydrogen-bond acceptors (Lipinski definition) is 3. The maximum Gasteiger partial charge on any atom is 0.274 e. The van der Waals surface area contributed by atoms with Crippen LogP contribution in [0.5, 0.6) is 0 Å². The van der Waals surface area contributed by atoms with Gasteiger partial charge in [0.2, 0.25) is 0 Å². The molecule has 24 heavy (non-hydrogen) atoms. The number of hydrogen-bond donors (Lipinski definition) is 0. The quantitative estimate of drug-likeness (QED) is 0.728. The summed E-state index contributed by atoms with van der Waals surface area (Å²) in [7, 11) is 1.89. The van der Waals surface area contributed by atoms with E-state index in [0.717, 1.165) is 22.2 Å². The molecule has 0 saturated heterocycles. The van der Waals surface area contributed by atoms with Crippen molar-refractivity contribution in [3.05, 3.63) is 65.6 Å². The highest BCUT2D eigenvalue weighted by Gasteiger charge is 2.23. The Balaban J connectivity index is 1.64. The maximum absolute atomic E-state index is 13.3. The molecule has 0 atom stereocenters. The summed E-state index contributed by atoms with van der Waals surface area (Å²) in [5, 5.41) is 11.1. The average Bonchev–Trinajstić information content (AvgIpc) is 3.21. The molecule has 0 radical (unpaired) electrons. The van der Waals surface area contributed by atoms with Crippen molar-refractivity contribution in [3.63, 3.8) is 0 Å². The van der Waals surface area contributed by atoms with Gasteiger partial charge in [-0.2, -0.15) is 10.2 Å². The van der Waals surface area contributed by atoms with E-state index in [4.69, 9.17) is 0 Å². The van der Waals surface area contributed by atoms with Gasteiger partial charge in [-0.3, -0.25) is 9.48 Å². The van der Waals surface area contributed by atoms with Crippen molar-refractivity contribution in [1.29, 1.82) is 0 Å². The number of aromatic nitrogens is 2. The minimum absolute atomic E-state index is 0.286. The fourth-order valence-corrected chi connectivity index (χ4v) is 2.90. The molecular weight excluding hydrogens is 307 g/mol. The zero-order valence-electron chi connectivity index (χ0n) is 13.1. The first-order valence-corrected chi connectivity index (χ1v) is 7.69. The van der Waals surface area contributed by atoms with Crippen LogP contribution in [0.3, 0.4) is 0 Å². The Morgan fingerprint density at radius 2 is 2.08 bits per heavy atom. The fourth-order valence-electron chi connectivity index (χ4n) is 2.90. The molecule has 120 valence electrons. The number of amides is 1. The van der Waals surface area contributed by atoms with Crippen LogP contribution in [0.15, 0.2) is 53.8 Å². The summed E-state index contributed by atoms with van der Waals surface area (Å²) < 4.78 is 15.1. The van der Waals surface area contributed by atoms with Crippen LogP contribution in [-0.2, 0) is 7.05 Å². The molecule has 3 aromatic rings. The Morgan fingerprint density at radius 3 is 2.92 bits per heavy atom. The maximum atomic E-state index is 13.3. The van der Waals surface area contributed by atoms with Gasteiger partial charge in [-0.25, -0.2) is 9.40 Å². The van der Waals surface area contributed by atoms with Gasteiger partial charge in [0.1, 0.15) is 5.82 Å². The first-order chi connectivity index (χ1) is 11.6. The first kappa shape index (κ1) is 14.6. The fraction of sp³-hybridized carbons (Fsp3) is 0.167. The largest absolute Gasteiger partial charge is 0.274 e. The second-order valence-corrected chi connectivity index (χ2v) is 5.78. The van der Waals surface area contributed by atoms with Gasteiger partial charge in [-0.1, -0.05) is 18.2 Å². The van der Waals surface area contributed by atoms with Crippen LogP contribution in [-0.4, -0.2) is 33.0 Å². The van der Waals surface area contributed by atoms with Crippen LogP contribution < -0.4 is 0 Å². The van der Waals surface area contributed by atoms with E-state index >= 15 is 0 Å². The van der Waals surface area contributed by atoms with Gasteiger partial charge in [0.05, 0.1) is 24.0 Å². The van der Waals surface area contributed by atoms with Gasteiger partial charge in [0.15, 0.2) is 0 Å². The summed E-state index contributed by atoms with van der Waals surface area (Å²) in [6.45, 7) is 0.494. The molecule has 5 nitrogen and oxygen atoms in total. The molecule has 0 unspecified atom stereocenters. The summed E-state index contributed by atoms with van der Waals surface area (Å²) in [5.41, 5.74) is 3.15. The monoisotopic (exact) mass is 322 g/mol. The number of benzene rings is 2. The zero-order valence-corrected chi connectivity index (χ0v) is 13.1. The average molecular weight is 322 g/mol. The molecule has 0 fully saturated rings. The molecule has 1 aliphatic rings. The van der Waals surface area contributed by atoms with Crippen molar-refractivity contribution < 1.29 is 9.18 Å². The van der Waals surface area contributed by atoms with E-state index in [1.807, 2.05) is 36.1 Å². The zero-order chi connectivity index (χ0) is 16.7. The van der Waals surface area contributed by atoms with E-state index in [0.29, 0.717) is 18.5 Å². The lowest BCUT2D eigenvalue weighted by Crippen LogP contribution is -2.23. The van der Waals surface area contributed by atoms with Gasteiger partial charge in [0.25, 0.3) is 5.91 Å². The molecule has 2 aromatic carbocycles. The predicted molar refractivity (Wildman–Crippen MR) is 89.3 cm³/mol. The highest BCUT2D eigenvalue weighted by atomic mass is 19.1. The topological polar surface area (TPSA) is 50.5 Å². The van der Waals surface area contributed by atoms with E-state index in [1.165, 1.54) is 23.2 Å². The van der Waals surface area contributed by atoms with Crippen LogP contribution >= 0.6 is 0 Å². The number of aryl methyl sites for hydroxylation is 1. The van der Waals surface area contributed by atoms with Crippen LogP contribution in [0.2, 0.25) is 0 Å². The molecule has 1 amide bonds. The van der Waals surface area contributed by atoms with Crippen molar-refractivity contribution in [3.8, 4) is 0 Å². The molecule has 0 spiro atoms. The minimum atomic E-state index is -0.425. The third-order valence-corrected chi connectivity index (χ3v) is 4.19. The van der Waals surface area contributed by atoms with Gasteiger partial charge in [-0.05, 0) is 29.8 Å². The Kier molecular flexibility index (Phi) is 3.37. The molecule has 1 aromatic heterocycles. The molecule has 0 aliphatic carbocycles. The van der Waals surface area contributed by atoms with Crippen LogP contribution in [0.4, 0.5) is 4.39 Å². The third kappa shape index (κ3) is 2.46. The lowest BCUT2D eigenvalue weighted by molar-refractivity contribution is 0.0778. The lowest BCUT2D eigenvalue weighted by atomic mass is 10.1. The molecule has 0 bridgehead atoms. The number of carbonyl (C=O) groups excluding carboxylic acids is 1. The van der Waals surface area contributed by atoms with Crippen LogP contribution in [0.25, 0.3) is 10.9 Å². The molecular formula is C18H15FN4O. The summed E-state index contributed by atoms with van der Waals surface area (Å²) in [6, 6.07) is 11.7. The molecule has 2 heterocycles. The Morgan fingerprint density at radius 1 is 1.21 bits per heavy atom. The van der Waals surface area contributed by atoms with Gasteiger partial charge >= 0.3 is 0 Å². The summed E-state index contributed by atoms with van der Waals surface area (Å²) in [4.78, 5) is 12.4. The van der Waals surface area contributed by atoms with E-state index in [1.54, 1.807) is 6.07 Å². The SMILES string of the molecule is Cn1ncc2ccc(C3=NN(C(=O)c4cccc(F)c4)CC3)cc21. The first-order valence-electron chi connectivity index (χ1n) is 7.69. The number of halogens is 1. The molecule has 6 heteroatoms. The second kappa shape index (κ2) is 5.56. The third-order valence-electron chi connectivity index (χ3n) is 4.19. The van der Waals surface area contributed by atoms with Crippen molar-refractivity contribution in [2.45, 2.75) is 6.42 Å². The number of carbonyl (C=O) groups is 1.